The maximum atomic E-state index is 12.7. The Balaban J connectivity index is 2.12. The van der Waals surface area contributed by atoms with Crippen molar-refractivity contribution in [1.82, 2.24) is 4.90 Å². The molecule has 0 saturated carbocycles. The number of nitrogens with zero attached hydrogens (tertiary/aromatic N) is 1. The fourth-order valence-corrected chi connectivity index (χ4v) is 2.85. The Morgan fingerprint density at radius 1 is 1.43 bits per heavy atom. The summed E-state index contributed by atoms with van der Waals surface area (Å²) in [7, 11) is 0. The van der Waals surface area contributed by atoms with Crippen LogP contribution in [-0.2, 0) is 17.5 Å². The van der Waals surface area contributed by atoms with Crippen molar-refractivity contribution in [2.24, 2.45) is 5.92 Å². The van der Waals surface area contributed by atoms with E-state index >= 15 is 0 Å². The van der Waals surface area contributed by atoms with Gasteiger partial charge in [-0.25, -0.2) is 0 Å². The van der Waals surface area contributed by atoms with Crippen LogP contribution in [0.25, 0.3) is 0 Å². The Bertz CT molecular complexity index is 516. The summed E-state index contributed by atoms with van der Waals surface area (Å²) in [4.78, 5) is 13.1. The number of hydrogen-bond acceptors (Lipinski definition) is 2. The van der Waals surface area contributed by atoms with E-state index in [2.05, 4.69) is 0 Å². The lowest BCUT2D eigenvalue weighted by Crippen LogP contribution is -2.45. The summed E-state index contributed by atoms with van der Waals surface area (Å²) in [5.74, 6) is -1.29. The molecule has 1 heterocycles. The average Bonchev–Trinajstić information content (AvgIpc) is 2.40. The second-order valence-electron chi connectivity index (χ2n) is 5.50. The van der Waals surface area contributed by atoms with E-state index in [4.69, 9.17) is 5.11 Å². The highest BCUT2D eigenvalue weighted by Crippen LogP contribution is 2.31. The molecule has 0 aromatic heterocycles. The first-order chi connectivity index (χ1) is 9.79. The number of carboxylic acids is 1. The molecule has 0 bridgehead atoms. The van der Waals surface area contributed by atoms with E-state index in [1.165, 1.54) is 6.07 Å². The maximum absolute atomic E-state index is 12.7. The summed E-state index contributed by atoms with van der Waals surface area (Å²) < 4.78 is 38.1. The topological polar surface area (TPSA) is 40.5 Å². The molecule has 1 aliphatic heterocycles. The first-order valence-corrected chi connectivity index (χ1v) is 6.92. The molecule has 0 spiro atoms. The normalized spacial score (nSPS) is 24.0. The van der Waals surface area contributed by atoms with Gasteiger partial charge >= 0.3 is 12.1 Å². The van der Waals surface area contributed by atoms with Gasteiger partial charge in [0.1, 0.15) is 0 Å². The van der Waals surface area contributed by atoms with Gasteiger partial charge in [-0.05, 0) is 37.9 Å². The molecule has 116 valence electrons. The highest BCUT2D eigenvalue weighted by molar-refractivity contribution is 5.70. The van der Waals surface area contributed by atoms with Crippen molar-refractivity contribution in [2.45, 2.75) is 38.5 Å². The highest BCUT2D eigenvalue weighted by atomic mass is 19.4. The molecule has 1 aliphatic rings. The first kappa shape index (κ1) is 15.8. The van der Waals surface area contributed by atoms with Crippen molar-refractivity contribution in [2.75, 3.05) is 6.54 Å². The SMILES string of the molecule is C[C@@H]1[C@H](C(=O)O)CCCN1Cc1cccc(C(F)(F)F)c1. The molecule has 21 heavy (non-hydrogen) atoms. The highest BCUT2D eigenvalue weighted by Gasteiger charge is 2.33. The maximum Gasteiger partial charge on any atom is 0.416 e. The van der Waals surface area contributed by atoms with Crippen LogP contribution in [0.3, 0.4) is 0 Å². The Labute approximate surface area is 121 Å². The second-order valence-corrected chi connectivity index (χ2v) is 5.50. The minimum absolute atomic E-state index is 0.175. The van der Waals surface area contributed by atoms with Crippen molar-refractivity contribution in [1.29, 1.82) is 0 Å². The zero-order valence-corrected chi connectivity index (χ0v) is 11.7. The van der Waals surface area contributed by atoms with E-state index in [-0.39, 0.29) is 6.04 Å². The number of halogens is 3. The van der Waals surface area contributed by atoms with Crippen LogP contribution in [0.4, 0.5) is 13.2 Å². The monoisotopic (exact) mass is 301 g/mol. The Morgan fingerprint density at radius 3 is 2.76 bits per heavy atom. The van der Waals surface area contributed by atoms with Gasteiger partial charge in [0.25, 0.3) is 0 Å². The first-order valence-electron chi connectivity index (χ1n) is 6.92. The number of hydrogen-bond donors (Lipinski definition) is 1. The molecule has 1 fully saturated rings. The molecule has 6 heteroatoms. The van der Waals surface area contributed by atoms with Gasteiger partial charge in [0.05, 0.1) is 11.5 Å². The van der Waals surface area contributed by atoms with Gasteiger partial charge in [-0.1, -0.05) is 18.2 Å². The standard InChI is InChI=1S/C15H18F3NO2/c1-10-13(14(20)21)6-3-7-19(10)9-11-4-2-5-12(8-11)15(16,17)18/h2,4-5,8,10,13H,3,6-7,9H2,1H3,(H,20,21)/t10-,13-/m1/s1. The third-order valence-corrected chi connectivity index (χ3v) is 4.08. The molecule has 2 atom stereocenters. The van der Waals surface area contributed by atoms with Gasteiger partial charge in [0.2, 0.25) is 0 Å². The van der Waals surface area contributed by atoms with Crippen LogP contribution in [0.5, 0.6) is 0 Å². The smallest absolute Gasteiger partial charge is 0.416 e. The lowest BCUT2D eigenvalue weighted by Gasteiger charge is -2.37. The molecule has 1 N–H and O–H groups in total. The molecule has 0 amide bonds. The largest absolute Gasteiger partial charge is 0.481 e. The van der Waals surface area contributed by atoms with E-state index in [1.54, 1.807) is 6.07 Å². The van der Waals surface area contributed by atoms with Crippen LogP contribution in [0.2, 0.25) is 0 Å². The quantitative estimate of drug-likeness (QED) is 0.930. The number of carbonyl (C=O) groups is 1. The third kappa shape index (κ3) is 3.75. The minimum Gasteiger partial charge on any atom is -0.481 e. The van der Waals surface area contributed by atoms with Gasteiger partial charge in [-0.2, -0.15) is 13.2 Å². The van der Waals surface area contributed by atoms with Crippen LogP contribution in [0, 0.1) is 5.92 Å². The Hall–Kier alpha value is -1.56. The predicted octanol–water partition coefficient (Wildman–Crippen LogP) is 3.39. The fraction of sp³-hybridized carbons (Fsp3) is 0.533. The van der Waals surface area contributed by atoms with Crippen LogP contribution in [0.1, 0.15) is 30.9 Å². The second kappa shape index (κ2) is 6.05. The van der Waals surface area contributed by atoms with Crippen molar-refractivity contribution < 1.29 is 23.1 Å². The van der Waals surface area contributed by atoms with Gasteiger partial charge in [-0.3, -0.25) is 9.69 Å². The summed E-state index contributed by atoms with van der Waals surface area (Å²) in [5.41, 5.74) is -0.109. The molecule has 1 aromatic rings. The summed E-state index contributed by atoms with van der Waals surface area (Å²) in [6.45, 7) is 2.88. The number of rotatable bonds is 3. The molecule has 3 nitrogen and oxygen atoms in total. The molecule has 1 saturated heterocycles. The number of carboxylic acid groups (broad SMARTS) is 1. The van der Waals surface area contributed by atoms with Crippen molar-refractivity contribution in [3.05, 3.63) is 35.4 Å². The number of alkyl halides is 3. The van der Waals surface area contributed by atoms with Gasteiger partial charge in [0.15, 0.2) is 0 Å². The lowest BCUT2D eigenvalue weighted by atomic mass is 9.90. The van der Waals surface area contributed by atoms with Crippen LogP contribution in [-0.4, -0.2) is 28.6 Å². The average molecular weight is 301 g/mol. The third-order valence-electron chi connectivity index (χ3n) is 4.08. The summed E-state index contributed by atoms with van der Waals surface area (Å²) in [6.07, 6.45) is -2.98. The lowest BCUT2D eigenvalue weighted by molar-refractivity contribution is -0.145. The number of likely N-dealkylation sites (tertiary alicyclic amines) is 1. The van der Waals surface area contributed by atoms with Gasteiger partial charge in [-0.15, -0.1) is 0 Å². The van der Waals surface area contributed by atoms with E-state index in [0.29, 0.717) is 25.1 Å². The molecule has 1 aromatic carbocycles. The van der Waals surface area contributed by atoms with E-state index in [0.717, 1.165) is 18.6 Å². The zero-order chi connectivity index (χ0) is 15.6. The van der Waals surface area contributed by atoms with Crippen LogP contribution in [0.15, 0.2) is 24.3 Å². The molecule has 0 aliphatic carbocycles. The molecule has 2 rings (SSSR count). The van der Waals surface area contributed by atoms with Crippen LogP contribution < -0.4 is 0 Å². The zero-order valence-electron chi connectivity index (χ0n) is 11.7. The Morgan fingerprint density at radius 2 is 2.14 bits per heavy atom. The van der Waals surface area contributed by atoms with E-state index in [1.807, 2.05) is 11.8 Å². The van der Waals surface area contributed by atoms with Crippen molar-refractivity contribution in [3.8, 4) is 0 Å². The molecular weight excluding hydrogens is 283 g/mol. The molecule has 0 radical (unpaired) electrons. The minimum atomic E-state index is -4.35. The number of piperidine rings is 1. The number of benzene rings is 1. The van der Waals surface area contributed by atoms with Crippen molar-refractivity contribution >= 4 is 5.97 Å². The summed E-state index contributed by atoms with van der Waals surface area (Å²) >= 11 is 0. The Kier molecular flexibility index (Phi) is 4.56. The van der Waals surface area contributed by atoms with E-state index < -0.39 is 23.6 Å². The number of aliphatic carboxylic acids is 1. The van der Waals surface area contributed by atoms with Gasteiger partial charge < -0.3 is 5.11 Å². The van der Waals surface area contributed by atoms with Crippen molar-refractivity contribution in [3.63, 3.8) is 0 Å². The van der Waals surface area contributed by atoms with Crippen LogP contribution >= 0.6 is 0 Å². The summed E-state index contributed by atoms with van der Waals surface area (Å²) in [6, 6.07) is 5.04. The van der Waals surface area contributed by atoms with Gasteiger partial charge in [0, 0.05) is 12.6 Å². The molecule has 0 unspecified atom stereocenters. The predicted molar refractivity (Wildman–Crippen MR) is 71.7 cm³/mol. The summed E-state index contributed by atoms with van der Waals surface area (Å²) in [5, 5.41) is 9.17. The molecular formula is C15H18F3NO2. The fourth-order valence-electron chi connectivity index (χ4n) is 2.85. The van der Waals surface area contributed by atoms with E-state index in [9.17, 15) is 18.0 Å².